The summed E-state index contributed by atoms with van der Waals surface area (Å²) in [6.45, 7) is 1.91. The van der Waals surface area contributed by atoms with Gasteiger partial charge in [-0.05, 0) is 54.2 Å². The van der Waals surface area contributed by atoms with Crippen molar-refractivity contribution in [3.63, 3.8) is 0 Å². The minimum atomic E-state index is -0.294. The molecule has 9 nitrogen and oxygen atoms in total. The average Bonchev–Trinajstić information content (AvgIpc) is 3.52. The van der Waals surface area contributed by atoms with E-state index in [9.17, 15) is 14.0 Å². The Morgan fingerprint density at radius 3 is 2.74 bits per heavy atom. The van der Waals surface area contributed by atoms with Gasteiger partial charge in [0.2, 0.25) is 11.8 Å². The third-order valence-corrected chi connectivity index (χ3v) is 5.95. The molecule has 3 heterocycles. The summed E-state index contributed by atoms with van der Waals surface area (Å²) >= 11 is 0. The Bertz CT molecular complexity index is 1420. The minimum Gasteiger partial charge on any atom is -0.480 e. The van der Waals surface area contributed by atoms with Crippen LogP contribution in [0.2, 0.25) is 0 Å². The van der Waals surface area contributed by atoms with Gasteiger partial charge in [0.25, 0.3) is 5.91 Å². The van der Waals surface area contributed by atoms with Crippen molar-refractivity contribution in [3.8, 4) is 17.1 Å². The number of imidazole rings is 1. The average molecular weight is 474 g/mol. The smallest absolute Gasteiger partial charge is 0.256 e. The Kier molecular flexibility index (Phi) is 5.86. The lowest BCUT2D eigenvalue weighted by atomic mass is 10.1. The number of carbonyl (C=O) groups excluding carboxylic acids is 2. The molecule has 2 N–H and O–H groups in total. The van der Waals surface area contributed by atoms with E-state index in [-0.39, 0.29) is 23.5 Å². The Hall–Kier alpha value is -4.34. The largest absolute Gasteiger partial charge is 0.480 e. The number of amides is 2. The zero-order chi connectivity index (χ0) is 24.5. The molecule has 0 spiro atoms. The van der Waals surface area contributed by atoms with Crippen LogP contribution in [0.3, 0.4) is 0 Å². The van der Waals surface area contributed by atoms with Crippen molar-refractivity contribution in [2.45, 2.75) is 19.3 Å². The van der Waals surface area contributed by atoms with Gasteiger partial charge < -0.3 is 15.4 Å². The summed E-state index contributed by atoms with van der Waals surface area (Å²) in [4.78, 5) is 32.9. The Balaban J connectivity index is 1.31. The van der Waals surface area contributed by atoms with Crippen molar-refractivity contribution in [1.82, 2.24) is 24.9 Å². The first-order valence-corrected chi connectivity index (χ1v) is 11.1. The molecule has 1 aromatic carbocycles. The fourth-order valence-electron chi connectivity index (χ4n) is 4.10. The zero-order valence-corrected chi connectivity index (χ0v) is 19.2. The van der Waals surface area contributed by atoms with Crippen molar-refractivity contribution in [2.24, 2.45) is 5.92 Å². The number of fused-ring (bicyclic) bond motifs is 1. The number of pyridine rings is 1. The molecule has 1 aliphatic rings. The maximum absolute atomic E-state index is 13.2. The van der Waals surface area contributed by atoms with Gasteiger partial charge >= 0.3 is 0 Å². The molecule has 1 fully saturated rings. The highest BCUT2D eigenvalue weighted by atomic mass is 19.1. The van der Waals surface area contributed by atoms with Gasteiger partial charge in [0.05, 0.1) is 19.0 Å². The Labute approximate surface area is 200 Å². The second-order valence-corrected chi connectivity index (χ2v) is 8.47. The summed E-state index contributed by atoms with van der Waals surface area (Å²) in [5, 5.41) is 10.1. The van der Waals surface area contributed by atoms with E-state index >= 15 is 0 Å². The monoisotopic (exact) mass is 474 g/mol. The van der Waals surface area contributed by atoms with E-state index in [0.717, 1.165) is 12.0 Å². The summed E-state index contributed by atoms with van der Waals surface area (Å²) in [7, 11) is 1.46. The topological polar surface area (TPSA) is 111 Å². The van der Waals surface area contributed by atoms with E-state index in [1.807, 2.05) is 0 Å². The standard InChI is InChI=1S/C25H23FN6O3/c1-14(33)29-22-13-32-23(30-22)8-7-21(31-32)17-10-20(25(35-2)28-12-17)24(34)27-11-16-9-19(16)15-3-5-18(26)6-4-15/h3-8,10,12-13,16,19H,9,11H2,1-2H3,(H,27,34)(H,29,33)/t16-,19-/m1/s1. The number of nitrogens with one attached hydrogen (secondary N) is 2. The highest BCUT2D eigenvalue weighted by Crippen LogP contribution is 2.47. The first kappa shape index (κ1) is 22.5. The molecular weight excluding hydrogens is 451 g/mol. The highest BCUT2D eigenvalue weighted by molar-refractivity contribution is 5.97. The van der Waals surface area contributed by atoms with Gasteiger partial charge in [-0.1, -0.05) is 12.1 Å². The van der Waals surface area contributed by atoms with Crippen LogP contribution in [0, 0.1) is 11.7 Å². The molecule has 0 radical (unpaired) electrons. The van der Waals surface area contributed by atoms with Crippen LogP contribution in [0.1, 0.15) is 35.2 Å². The highest BCUT2D eigenvalue weighted by Gasteiger charge is 2.38. The van der Waals surface area contributed by atoms with E-state index < -0.39 is 0 Å². The molecule has 0 saturated heterocycles. The molecule has 0 unspecified atom stereocenters. The quantitative estimate of drug-likeness (QED) is 0.425. The van der Waals surface area contributed by atoms with Gasteiger partial charge in [-0.25, -0.2) is 18.9 Å². The molecule has 2 atom stereocenters. The number of nitrogens with zero attached hydrogens (tertiary/aromatic N) is 4. The second-order valence-electron chi connectivity index (χ2n) is 8.47. The summed E-state index contributed by atoms with van der Waals surface area (Å²) < 4.78 is 20.0. The van der Waals surface area contributed by atoms with Gasteiger partial charge in [-0.3, -0.25) is 9.59 Å². The number of hydrogen-bond donors (Lipinski definition) is 2. The molecule has 1 aliphatic carbocycles. The molecule has 2 amide bonds. The van der Waals surface area contributed by atoms with Crippen LogP contribution in [-0.4, -0.2) is 45.1 Å². The minimum absolute atomic E-state index is 0.216. The third-order valence-electron chi connectivity index (χ3n) is 5.95. The fourth-order valence-corrected chi connectivity index (χ4v) is 4.10. The maximum Gasteiger partial charge on any atom is 0.256 e. The molecular formula is C25H23FN6O3. The normalized spacial score (nSPS) is 16.7. The van der Waals surface area contributed by atoms with Crippen molar-refractivity contribution >= 4 is 23.3 Å². The van der Waals surface area contributed by atoms with Crippen molar-refractivity contribution < 1.29 is 18.7 Å². The predicted octanol–water partition coefficient (Wildman–Crippen LogP) is 3.43. The molecule has 178 valence electrons. The SMILES string of the molecule is COc1ncc(-c2ccc3nc(NC(C)=O)cn3n2)cc1C(=O)NC[C@H]1C[C@@H]1c1ccc(F)cc1. The van der Waals surface area contributed by atoms with E-state index in [4.69, 9.17) is 4.74 Å². The van der Waals surface area contributed by atoms with Gasteiger partial charge in [0.1, 0.15) is 11.4 Å². The fraction of sp³-hybridized carbons (Fsp3) is 0.240. The van der Waals surface area contributed by atoms with Crippen LogP contribution in [0.15, 0.2) is 54.9 Å². The van der Waals surface area contributed by atoms with Gasteiger partial charge in [-0.15, -0.1) is 0 Å². The van der Waals surface area contributed by atoms with Gasteiger partial charge in [0.15, 0.2) is 11.5 Å². The second kappa shape index (κ2) is 9.13. The number of benzene rings is 1. The molecule has 5 rings (SSSR count). The van der Waals surface area contributed by atoms with E-state index in [1.165, 1.54) is 26.2 Å². The summed E-state index contributed by atoms with van der Waals surface area (Å²) in [5.41, 5.74) is 3.15. The van der Waals surface area contributed by atoms with Crippen molar-refractivity contribution in [1.29, 1.82) is 0 Å². The molecule has 10 heteroatoms. The molecule has 4 aromatic rings. The lowest BCUT2D eigenvalue weighted by Gasteiger charge is -2.10. The van der Waals surface area contributed by atoms with Gasteiger partial charge in [-0.2, -0.15) is 5.10 Å². The van der Waals surface area contributed by atoms with Crippen LogP contribution in [0.5, 0.6) is 5.88 Å². The van der Waals surface area contributed by atoms with E-state index in [2.05, 4.69) is 25.7 Å². The molecule has 3 aromatic heterocycles. The number of anilines is 1. The number of aromatic nitrogens is 4. The van der Waals surface area contributed by atoms with E-state index in [0.29, 0.717) is 46.7 Å². The van der Waals surface area contributed by atoms with Gasteiger partial charge in [0, 0.05) is 25.2 Å². The number of halogens is 1. The first-order valence-electron chi connectivity index (χ1n) is 11.1. The van der Waals surface area contributed by atoms with Crippen LogP contribution in [0.25, 0.3) is 16.9 Å². The number of ether oxygens (including phenoxy) is 1. The van der Waals surface area contributed by atoms with Crippen LogP contribution >= 0.6 is 0 Å². The zero-order valence-electron chi connectivity index (χ0n) is 19.2. The number of hydrogen-bond acceptors (Lipinski definition) is 6. The number of rotatable bonds is 7. The summed E-state index contributed by atoms with van der Waals surface area (Å²) in [5.74, 6) is 0.457. The predicted molar refractivity (Wildman–Crippen MR) is 127 cm³/mol. The Morgan fingerprint density at radius 1 is 1.20 bits per heavy atom. The Morgan fingerprint density at radius 2 is 2.00 bits per heavy atom. The summed E-state index contributed by atoms with van der Waals surface area (Å²) in [6.07, 6.45) is 4.13. The molecule has 1 saturated carbocycles. The first-order chi connectivity index (χ1) is 16.9. The number of methoxy groups -OCH3 is 1. The third kappa shape index (κ3) is 4.81. The lowest BCUT2D eigenvalue weighted by Crippen LogP contribution is -2.26. The number of carbonyl (C=O) groups is 2. The van der Waals surface area contributed by atoms with Crippen LogP contribution < -0.4 is 15.4 Å². The maximum atomic E-state index is 13.2. The van der Waals surface area contributed by atoms with Crippen molar-refractivity contribution in [3.05, 3.63) is 71.8 Å². The van der Waals surface area contributed by atoms with Crippen molar-refractivity contribution in [2.75, 3.05) is 19.0 Å². The molecule has 0 bridgehead atoms. The van der Waals surface area contributed by atoms with E-state index in [1.54, 1.807) is 47.2 Å². The lowest BCUT2D eigenvalue weighted by molar-refractivity contribution is -0.114. The van der Waals surface area contributed by atoms with Crippen LogP contribution in [0.4, 0.5) is 10.2 Å². The van der Waals surface area contributed by atoms with Crippen LogP contribution in [-0.2, 0) is 4.79 Å². The summed E-state index contributed by atoms with van der Waals surface area (Å²) in [6, 6.07) is 11.7. The molecule has 0 aliphatic heterocycles. The molecule has 35 heavy (non-hydrogen) atoms.